The van der Waals surface area contributed by atoms with Gasteiger partial charge in [0, 0.05) is 34.6 Å². The highest BCUT2D eigenvalue weighted by Crippen LogP contribution is 2.40. The molecule has 0 N–H and O–H groups in total. The molecule has 1 amide bonds. The first-order valence-corrected chi connectivity index (χ1v) is 9.66. The molecule has 0 aliphatic carbocycles. The number of carbonyl (C=O) groups excluding carboxylic acids is 1. The van der Waals surface area contributed by atoms with Gasteiger partial charge in [0.25, 0.3) is 0 Å². The summed E-state index contributed by atoms with van der Waals surface area (Å²) in [4.78, 5) is 19.1. The summed E-state index contributed by atoms with van der Waals surface area (Å²) in [6, 6.07) is 7.47. The number of pyridine rings is 1. The molecule has 3 rings (SSSR count). The van der Waals surface area contributed by atoms with Crippen molar-refractivity contribution in [2.45, 2.75) is 52.1 Å². The topological polar surface area (TPSA) is 42.4 Å². The van der Waals surface area contributed by atoms with Crippen LogP contribution in [0.1, 0.15) is 51.4 Å². The second-order valence-corrected chi connectivity index (χ2v) is 9.42. The SMILES string of the molecule is CC(C)(C)OC(=O)N1CC(C)(C)c2ncc(Cc3ccc(Cl)cc3Cl)cc21. The zero-order chi connectivity index (χ0) is 20.0. The first-order valence-electron chi connectivity index (χ1n) is 8.90. The molecule has 0 saturated carbocycles. The third-order valence-electron chi connectivity index (χ3n) is 4.43. The Morgan fingerprint density at radius 3 is 2.59 bits per heavy atom. The van der Waals surface area contributed by atoms with Gasteiger partial charge in [0.05, 0.1) is 11.4 Å². The van der Waals surface area contributed by atoms with Crippen LogP contribution in [0.15, 0.2) is 30.5 Å². The van der Waals surface area contributed by atoms with Crippen LogP contribution in [0.5, 0.6) is 0 Å². The molecule has 0 unspecified atom stereocenters. The molecule has 27 heavy (non-hydrogen) atoms. The lowest BCUT2D eigenvalue weighted by atomic mass is 9.91. The Hall–Kier alpha value is -1.78. The lowest BCUT2D eigenvalue weighted by molar-refractivity contribution is 0.0579. The predicted molar refractivity (Wildman–Crippen MR) is 110 cm³/mol. The Balaban J connectivity index is 1.93. The number of anilines is 1. The van der Waals surface area contributed by atoms with Crippen LogP contribution in [0, 0.1) is 0 Å². The molecule has 1 aliphatic heterocycles. The molecule has 2 aromatic rings. The fraction of sp³-hybridized carbons (Fsp3) is 0.429. The molecule has 144 valence electrons. The molecule has 2 heterocycles. The second kappa shape index (κ2) is 6.99. The second-order valence-electron chi connectivity index (χ2n) is 8.57. The van der Waals surface area contributed by atoms with Crippen molar-refractivity contribution < 1.29 is 9.53 Å². The Kier molecular flexibility index (Phi) is 5.17. The lowest BCUT2D eigenvalue weighted by Crippen LogP contribution is -2.38. The molecule has 1 aliphatic rings. The summed E-state index contributed by atoms with van der Waals surface area (Å²) in [6.45, 7) is 10.3. The first kappa shape index (κ1) is 20.0. The van der Waals surface area contributed by atoms with E-state index < -0.39 is 5.60 Å². The number of ether oxygens (including phenoxy) is 1. The highest BCUT2D eigenvalue weighted by molar-refractivity contribution is 6.35. The minimum atomic E-state index is -0.550. The van der Waals surface area contributed by atoms with Gasteiger partial charge in [0.1, 0.15) is 5.60 Å². The van der Waals surface area contributed by atoms with Crippen molar-refractivity contribution in [2.24, 2.45) is 0 Å². The van der Waals surface area contributed by atoms with Crippen molar-refractivity contribution in [1.82, 2.24) is 4.98 Å². The number of benzene rings is 1. The summed E-state index contributed by atoms with van der Waals surface area (Å²) in [5, 5.41) is 1.22. The van der Waals surface area contributed by atoms with Crippen molar-refractivity contribution in [2.75, 3.05) is 11.4 Å². The minimum Gasteiger partial charge on any atom is -0.443 e. The molecule has 0 atom stereocenters. The van der Waals surface area contributed by atoms with Crippen molar-refractivity contribution in [3.63, 3.8) is 0 Å². The van der Waals surface area contributed by atoms with E-state index in [-0.39, 0.29) is 11.5 Å². The lowest BCUT2D eigenvalue weighted by Gasteiger charge is -2.25. The number of nitrogens with zero attached hydrogens (tertiary/aromatic N) is 2. The highest BCUT2D eigenvalue weighted by Gasteiger charge is 2.41. The maximum absolute atomic E-state index is 12.7. The third-order valence-corrected chi connectivity index (χ3v) is 5.02. The fourth-order valence-corrected chi connectivity index (χ4v) is 3.71. The first-order chi connectivity index (χ1) is 12.5. The maximum Gasteiger partial charge on any atom is 0.414 e. The molecule has 0 spiro atoms. The van der Waals surface area contributed by atoms with E-state index in [2.05, 4.69) is 18.8 Å². The summed E-state index contributed by atoms with van der Waals surface area (Å²) in [7, 11) is 0. The Morgan fingerprint density at radius 1 is 1.26 bits per heavy atom. The smallest absolute Gasteiger partial charge is 0.414 e. The summed E-state index contributed by atoms with van der Waals surface area (Å²) < 4.78 is 5.59. The molecule has 0 radical (unpaired) electrons. The molecule has 1 aromatic heterocycles. The van der Waals surface area contributed by atoms with Crippen LogP contribution < -0.4 is 4.90 Å². The summed E-state index contributed by atoms with van der Waals surface area (Å²) in [5.74, 6) is 0. The van der Waals surface area contributed by atoms with Crippen LogP contribution in [0.4, 0.5) is 10.5 Å². The Bertz CT molecular complexity index is 888. The van der Waals surface area contributed by atoms with Gasteiger partial charge in [-0.05, 0) is 50.1 Å². The standard InChI is InChI=1S/C21H24Cl2N2O2/c1-20(2,3)27-19(26)25-12-21(4,5)18-17(25)9-13(11-24-18)8-14-6-7-15(22)10-16(14)23/h6-7,9-11H,8,12H2,1-5H3. The van der Waals surface area contributed by atoms with Gasteiger partial charge < -0.3 is 4.74 Å². The number of halogens is 2. The highest BCUT2D eigenvalue weighted by atomic mass is 35.5. The zero-order valence-corrected chi connectivity index (χ0v) is 17.8. The summed E-state index contributed by atoms with van der Waals surface area (Å²) in [6.07, 6.45) is 2.11. The largest absolute Gasteiger partial charge is 0.443 e. The number of hydrogen-bond acceptors (Lipinski definition) is 3. The molecule has 4 nitrogen and oxygen atoms in total. The number of rotatable bonds is 2. The number of amides is 1. The zero-order valence-electron chi connectivity index (χ0n) is 16.3. The number of aromatic nitrogens is 1. The summed E-state index contributed by atoms with van der Waals surface area (Å²) >= 11 is 12.3. The Labute approximate surface area is 170 Å². The molecule has 0 bridgehead atoms. The van der Waals surface area contributed by atoms with E-state index in [1.165, 1.54) is 0 Å². The van der Waals surface area contributed by atoms with Crippen molar-refractivity contribution >= 4 is 35.0 Å². The van der Waals surface area contributed by atoms with Gasteiger partial charge >= 0.3 is 6.09 Å². The van der Waals surface area contributed by atoms with Crippen molar-refractivity contribution in [3.8, 4) is 0 Å². The van der Waals surface area contributed by atoms with E-state index in [0.29, 0.717) is 23.0 Å². The number of fused-ring (bicyclic) bond motifs is 1. The fourth-order valence-electron chi connectivity index (χ4n) is 3.24. The molecule has 6 heteroatoms. The van der Waals surface area contributed by atoms with Gasteiger partial charge in [-0.2, -0.15) is 0 Å². The number of hydrogen-bond donors (Lipinski definition) is 0. The van der Waals surface area contributed by atoms with Gasteiger partial charge in [-0.1, -0.05) is 43.1 Å². The molecule has 0 saturated heterocycles. The van der Waals surface area contributed by atoms with Crippen LogP contribution >= 0.6 is 23.2 Å². The average Bonchev–Trinajstić information content (AvgIpc) is 2.80. The van der Waals surface area contributed by atoms with E-state index in [0.717, 1.165) is 22.5 Å². The number of carbonyl (C=O) groups is 1. The van der Waals surface area contributed by atoms with Crippen LogP contribution in [-0.2, 0) is 16.6 Å². The van der Waals surface area contributed by atoms with Gasteiger partial charge in [-0.3, -0.25) is 9.88 Å². The van der Waals surface area contributed by atoms with Gasteiger partial charge in [0.15, 0.2) is 0 Å². The maximum atomic E-state index is 12.7. The molecule has 0 fully saturated rings. The normalized spacial score (nSPS) is 15.6. The van der Waals surface area contributed by atoms with Crippen molar-refractivity contribution in [1.29, 1.82) is 0 Å². The third kappa shape index (κ3) is 4.39. The quantitative estimate of drug-likeness (QED) is 0.612. The minimum absolute atomic E-state index is 0.233. The van der Waals surface area contributed by atoms with E-state index in [1.807, 2.05) is 45.2 Å². The molecule has 1 aromatic carbocycles. The molecular weight excluding hydrogens is 383 g/mol. The Morgan fingerprint density at radius 2 is 1.96 bits per heavy atom. The monoisotopic (exact) mass is 406 g/mol. The van der Waals surface area contributed by atoms with Gasteiger partial charge in [0.2, 0.25) is 0 Å². The average molecular weight is 407 g/mol. The van der Waals surface area contributed by atoms with E-state index in [4.69, 9.17) is 27.9 Å². The van der Waals surface area contributed by atoms with Gasteiger partial charge in [-0.15, -0.1) is 0 Å². The van der Waals surface area contributed by atoms with E-state index in [1.54, 1.807) is 11.0 Å². The van der Waals surface area contributed by atoms with E-state index in [9.17, 15) is 4.79 Å². The van der Waals surface area contributed by atoms with Crippen LogP contribution in [-0.4, -0.2) is 23.2 Å². The molecular formula is C21H24Cl2N2O2. The summed E-state index contributed by atoms with van der Waals surface area (Å²) in [5.41, 5.74) is 2.86. The predicted octanol–water partition coefficient (Wildman–Crippen LogP) is 6.01. The van der Waals surface area contributed by atoms with Crippen molar-refractivity contribution in [3.05, 3.63) is 57.3 Å². The van der Waals surface area contributed by atoms with Gasteiger partial charge in [-0.25, -0.2) is 4.79 Å². The van der Waals surface area contributed by atoms with Crippen LogP contribution in [0.3, 0.4) is 0 Å². The van der Waals surface area contributed by atoms with Crippen LogP contribution in [0.2, 0.25) is 10.0 Å². The van der Waals surface area contributed by atoms with Crippen LogP contribution in [0.25, 0.3) is 0 Å². The van der Waals surface area contributed by atoms with E-state index >= 15 is 0 Å².